The summed E-state index contributed by atoms with van der Waals surface area (Å²) in [5.41, 5.74) is 2.22. The highest BCUT2D eigenvalue weighted by atomic mass is 35.5. The summed E-state index contributed by atoms with van der Waals surface area (Å²) in [6.45, 7) is 0.703. The number of para-hydroxylation sites is 1. The van der Waals surface area contributed by atoms with Crippen molar-refractivity contribution in [3.8, 4) is 11.5 Å². The van der Waals surface area contributed by atoms with Crippen LogP contribution in [0.4, 0.5) is 11.4 Å². The molecule has 3 aromatic carbocycles. The summed E-state index contributed by atoms with van der Waals surface area (Å²) in [6, 6.07) is 19.2. The van der Waals surface area contributed by atoms with Crippen LogP contribution in [0.5, 0.6) is 11.5 Å². The van der Waals surface area contributed by atoms with Gasteiger partial charge < -0.3 is 25.0 Å². The van der Waals surface area contributed by atoms with Crippen LogP contribution >= 0.6 is 11.6 Å². The average molecular weight is 492 g/mol. The molecule has 0 saturated carbocycles. The number of hydrogen-bond acceptors (Lipinski definition) is 5. The number of carbonyl (C=O) groups excluding carboxylic acids is 3. The van der Waals surface area contributed by atoms with Crippen LogP contribution in [0.25, 0.3) is 0 Å². The molecule has 2 N–H and O–H groups in total. The number of anilines is 2. The van der Waals surface area contributed by atoms with E-state index < -0.39 is 5.92 Å². The van der Waals surface area contributed by atoms with E-state index in [2.05, 4.69) is 10.6 Å². The highest BCUT2D eigenvalue weighted by molar-refractivity contribution is 6.31. The third-order valence-corrected chi connectivity index (χ3v) is 6.17. The minimum absolute atomic E-state index is 0.0802. The van der Waals surface area contributed by atoms with Crippen LogP contribution in [0.15, 0.2) is 66.7 Å². The predicted molar refractivity (Wildman–Crippen MR) is 131 cm³/mol. The van der Waals surface area contributed by atoms with Gasteiger partial charge in [-0.15, -0.1) is 0 Å². The first-order chi connectivity index (χ1) is 17.0. The Morgan fingerprint density at radius 2 is 1.83 bits per heavy atom. The second-order valence-corrected chi connectivity index (χ2v) is 8.73. The van der Waals surface area contributed by atoms with Crippen molar-refractivity contribution >= 4 is 40.7 Å². The Kier molecular flexibility index (Phi) is 6.29. The fourth-order valence-electron chi connectivity index (χ4n) is 4.13. The van der Waals surface area contributed by atoms with Gasteiger partial charge in [0.25, 0.3) is 5.91 Å². The molecule has 2 aliphatic heterocycles. The SMILES string of the molecule is O=C(NCc1ccc2c(c1)OCO2)c1ccccc1NC(=O)[C@@H]1CC(=O)N(c2cccc(Cl)c2)C1. The third-order valence-electron chi connectivity index (χ3n) is 5.94. The smallest absolute Gasteiger partial charge is 0.253 e. The van der Waals surface area contributed by atoms with Gasteiger partial charge in [-0.25, -0.2) is 0 Å². The van der Waals surface area contributed by atoms with Gasteiger partial charge in [-0.2, -0.15) is 0 Å². The first kappa shape index (κ1) is 22.7. The summed E-state index contributed by atoms with van der Waals surface area (Å²) in [5.74, 6) is -0.0382. The summed E-state index contributed by atoms with van der Waals surface area (Å²) in [5, 5.41) is 6.21. The van der Waals surface area contributed by atoms with E-state index in [0.717, 1.165) is 5.56 Å². The number of halogens is 1. The maximum Gasteiger partial charge on any atom is 0.253 e. The normalized spacial score (nSPS) is 16.3. The second kappa shape index (κ2) is 9.68. The fraction of sp³-hybridized carbons (Fsp3) is 0.192. The molecular weight excluding hydrogens is 470 g/mol. The number of hydrogen-bond donors (Lipinski definition) is 2. The van der Waals surface area contributed by atoms with Gasteiger partial charge in [0.2, 0.25) is 18.6 Å². The molecule has 1 saturated heterocycles. The Bertz CT molecular complexity index is 1310. The molecule has 0 unspecified atom stereocenters. The Labute approximate surface area is 206 Å². The average Bonchev–Trinajstić information content (AvgIpc) is 3.49. The van der Waals surface area contributed by atoms with Crippen molar-refractivity contribution in [2.45, 2.75) is 13.0 Å². The predicted octanol–water partition coefficient (Wildman–Crippen LogP) is 3.99. The molecule has 0 spiro atoms. The van der Waals surface area contributed by atoms with E-state index in [1.54, 1.807) is 59.5 Å². The lowest BCUT2D eigenvalue weighted by atomic mass is 10.1. The van der Waals surface area contributed by atoms with Crippen LogP contribution in [0.1, 0.15) is 22.3 Å². The van der Waals surface area contributed by atoms with Crippen molar-refractivity contribution in [2.75, 3.05) is 23.6 Å². The molecule has 5 rings (SSSR count). The number of nitrogens with one attached hydrogen (secondary N) is 2. The molecule has 0 bridgehead atoms. The molecule has 9 heteroatoms. The topological polar surface area (TPSA) is 97.0 Å². The molecule has 0 aromatic heterocycles. The Hall–Kier alpha value is -4.04. The number of carbonyl (C=O) groups is 3. The molecular formula is C26H22ClN3O5. The molecule has 0 aliphatic carbocycles. The molecule has 2 aliphatic rings. The molecule has 3 amide bonds. The summed E-state index contributed by atoms with van der Waals surface area (Å²) in [4.78, 5) is 40.0. The van der Waals surface area contributed by atoms with E-state index in [4.69, 9.17) is 21.1 Å². The van der Waals surface area contributed by atoms with Gasteiger partial charge in [-0.05, 0) is 48.0 Å². The molecule has 8 nitrogen and oxygen atoms in total. The Morgan fingerprint density at radius 1 is 1.00 bits per heavy atom. The largest absolute Gasteiger partial charge is 0.454 e. The summed E-state index contributed by atoms with van der Waals surface area (Å²) < 4.78 is 10.7. The summed E-state index contributed by atoms with van der Waals surface area (Å²) in [7, 11) is 0. The molecule has 35 heavy (non-hydrogen) atoms. The molecule has 178 valence electrons. The van der Waals surface area contributed by atoms with Crippen LogP contribution in [-0.4, -0.2) is 31.1 Å². The first-order valence-corrected chi connectivity index (χ1v) is 11.5. The molecule has 3 aromatic rings. The first-order valence-electron chi connectivity index (χ1n) is 11.1. The van der Waals surface area contributed by atoms with Crippen LogP contribution in [0.3, 0.4) is 0 Å². The van der Waals surface area contributed by atoms with Gasteiger partial charge in [0.1, 0.15) is 0 Å². The lowest BCUT2D eigenvalue weighted by Crippen LogP contribution is -2.29. The number of amides is 3. The van der Waals surface area contributed by atoms with Gasteiger partial charge >= 0.3 is 0 Å². The summed E-state index contributed by atoms with van der Waals surface area (Å²) in [6.07, 6.45) is 0.0802. The Balaban J connectivity index is 1.24. The van der Waals surface area contributed by atoms with E-state index in [0.29, 0.717) is 33.5 Å². The zero-order valence-corrected chi connectivity index (χ0v) is 19.4. The highest BCUT2D eigenvalue weighted by Crippen LogP contribution is 2.32. The Morgan fingerprint density at radius 3 is 2.69 bits per heavy atom. The second-order valence-electron chi connectivity index (χ2n) is 8.29. The van der Waals surface area contributed by atoms with Crippen molar-refractivity contribution in [2.24, 2.45) is 5.92 Å². The van der Waals surface area contributed by atoms with Crippen LogP contribution in [-0.2, 0) is 16.1 Å². The van der Waals surface area contributed by atoms with Crippen LogP contribution < -0.4 is 25.0 Å². The van der Waals surface area contributed by atoms with Gasteiger partial charge in [0, 0.05) is 30.2 Å². The van der Waals surface area contributed by atoms with Gasteiger partial charge in [-0.3, -0.25) is 14.4 Å². The van der Waals surface area contributed by atoms with E-state index in [1.807, 2.05) is 12.1 Å². The van der Waals surface area contributed by atoms with Crippen molar-refractivity contribution < 1.29 is 23.9 Å². The van der Waals surface area contributed by atoms with Crippen LogP contribution in [0, 0.1) is 5.92 Å². The maximum atomic E-state index is 13.0. The minimum atomic E-state index is -0.550. The fourth-order valence-corrected chi connectivity index (χ4v) is 4.31. The maximum absolute atomic E-state index is 13.0. The summed E-state index contributed by atoms with van der Waals surface area (Å²) >= 11 is 6.05. The molecule has 1 fully saturated rings. The quantitative estimate of drug-likeness (QED) is 0.543. The number of nitrogens with zero attached hydrogens (tertiary/aromatic N) is 1. The molecule has 2 heterocycles. The third kappa shape index (κ3) is 4.93. The van der Waals surface area contributed by atoms with Crippen LogP contribution in [0.2, 0.25) is 5.02 Å². The van der Waals surface area contributed by atoms with Gasteiger partial charge in [-0.1, -0.05) is 35.9 Å². The number of ether oxygens (including phenoxy) is 2. The highest BCUT2D eigenvalue weighted by Gasteiger charge is 2.35. The van der Waals surface area contributed by atoms with Crippen molar-refractivity contribution in [1.82, 2.24) is 5.32 Å². The lowest BCUT2D eigenvalue weighted by Gasteiger charge is -2.17. The zero-order valence-electron chi connectivity index (χ0n) is 18.6. The van der Waals surface area contributed by atoms with Crippen molar-refractivity contribution in [1.29, 1.82) is 0 Å². The zero-order chi connectivity index (χ0) is 24.4. The van der Waals surface area contributed by atoms with E-state index in [-0.39, 0.29) is 44.0 Å². The van der Waals surface area contributed by atoms with Gasteiger partial charge in [0.05, 0.1) is 17.2 Å². The van der Waals surface area contributed by atoms with E-state index in [1.165, 1.54) is 0 Å². The lowest BCUT2D eigenvalue weighted by molar-refractivity contribution is -0.122. The van der Waals surface area contributed by atoms with E-state index >= 15 is 0 Å². The van der Waals surface area contributed by atoms with Crippen molar-refractivity contribution in [3.05, 3.63) is 82.9 Å². The minimum Gasteiger partial charge on any atom is -0.454 e. The van der Waals surface area contributed by atoms with Crippen molar-refractivity contribution in [3.63, 3.8) is 0 Å². The van der Waals surface area contributed by atoms with Gasteiger partial charge in [0.15, 0.2) is 11.5 Å². The monoisotopic (exact) mass is 491 g/mol. The molecule has 0 radical (unpaired) electrons. The van der Waals surface area contributed by atoms with E-state index in [9.17, 15) is 14.4 Å². The standard InChI is InChI=1S/C26H22ClN3O5/c27-18-4-3-5-19(12-18)30-14-17(11-24(30)31)25(32)29-21-7-2-1-6-20(21)26(33)28-13-16-8-9-22-23(10-16)35-15-34-22/h1-10,12,17H,11,13-15H2,(H,28,33)(H,29,32)/t17-/m1/s1. The molecule has 1 atom stereocenters. The number of benzene rings is 3. The number of rotatable bonds is 6. The number of fused-ring (bicyclic) bond motifs is 1.